The lowest BCUT2D eigenvalue weighted by molar-refractivity contribution is -0.124. The summed E-state index contributed by atoms with van der Waals surface area (Å²) in [4.78, 5) is 38.0. The summed E-state index contributed by atoms with van der Waals surface area (Å²) in [5, 5.41) is 6.78. The highest BCUT2D eigenvalue weighted by atomic mass is 35.5. The summed E-state index contributed by atoms with van der Waals surface area (Å²) in [6.07, 6.45) is 0.576. The van der Waals surface area contributed by atoms with E-state index in [1.54, 1.807) is 7.05 Å². The molecule has 0 spiro atoms. The van der Waals surface area contributed by atoms with Gasteiger partial charge in [0.25, 0.3) is 5.91 Å². The Morgan fingerprint density at radius 3 is 2.38 bits per heavy atom. The minimum atomic E-state index is -0.710. The van der Waals surface area contributed by atoms with Gasteiger partial charge in [0.1, 0.15) is 22.4 Å². The lowest BCUT2D eigenvalue weighted by atomic mass is 9.86. The molecule has 29 heavy (non-hydrogen) atoms. The highest BCUT2D eigenvalue weighted by molar-refractivity contribution is 6.38. The molecule has 1 aromatic carbocycles. The third-order valence-corrected chi connectivity index (χ3v) is 6.12. The van der Waals surface area contributed by atoms with Crippen molar-refractivity contribution in [3.8, 4) is 0 Å². The molecule has 0 radical (unpaired) electrons. The molecule has 1 saturated carbocycles. The molecule has 0 bridgehead atoms. The predicted molar refractivity (Wildman–Crippen MR) is 112 cm³/mol. The second-order valence-corrected chi connectivity index (χ2v) is 8.36. The van der Waals surface area contributed by atoms with Crippen molar-refractivity contribution in [2.24, 2.45) is 13.0 Å². The van der Waals surface area contributed by atoms with Crippen LogP contribution in [0.4, 0.5) is 0 Å². The van der Waals surface area contributed by atoms with Crippen molar-refractivity contribution in [3.05, 3.63) is 50.3 Å². The van der Waals surface area contributed by atoms with Gasteiger partial charge in [-0.3, -0.25) is 19.1 Å². The summed E-state index contributed by atoms with van der Waals surface area (Å²) in [6.45, 7) is 6.10. The average Bonchev–Trinajstić information content (AvgIpc) is 3.03. The van der Waals surface area contributed by atoms with Gasteiger partial charge in [0.15, 0.2) is 10.9 Å². The van der Waals surface area contributed by atoms with Gasteiger partial charge in [-0.05, 0) is 43.9 Å². The Bertz CT molecular complexity index is 990. The number of ketones is 2. The third-order valence-electron chi connectivity index (χ3n) is 5.42. The molecule has 1 amide bonds. The van der Waals surface area contributed by atoms with E-state index in [4.69, 9.17) is 23.2 Å². The fourth-order valence-corrected chi connectivity index (χ4v) is 4.71. The lowest BCUT2D eigenvalue weighted by Gasteiger charge is -2.16. The van der Waals surface area contributed by atoms with E-state index in [1.807, 2.05) is 32.9 Å². The highest BCUT2D eigenvalue weighted by Gasteiger charge is 2.42. The van der Waals surface area contributed by atoms with Gasteiger partial charge in [-0.1, -0.05) is 40.9 Å². The fourth-order valence-electron chi connectivity index (χ4n) is 4.16. The highest BCUT2D eigenvalue weighted by Crippen LogP contribution is 2.37. The first-order valence-corrected chi connectivity index (χ1v) is 10.2. The van der Waals surface area contributed by atoms with Crippen LogP contribution in [0.3, 0.4) is 0 Å². The molecule has 8 heteroatoms. The van der Waals surface area contributed by atoms with Crippen LogP contribution in [-0.4, -0.2) is 33.8 Å². The van der Waals surface area contributed by atoms with Gasteiger partial charge in [-0.2, -0.15) is 5.10 Å². The van der Waals surface area contributed by atoms with E-state index in [0.29, 0.717) is 6.42 Å². The summed E-state index contributed by atoms with van der Waals surface area (Å²) >= 11 is 12.0. The number of nitrogens with zero attached hydrogens (tertiary/aromatic N) is 2. The van der Waals surface area contributed by atoms with Crippen LogP contribution in [-0.2, 0) is 16.6 Å². The molecule has 154 valence electrons. The number of benzene rings is 1. The summed E-state index contributed by atoms with van der Waals surface area (Å²) < 4.78 is 1.31. The van der Waals surface area contributed by atoms with Crippen molar-refractivity contribution in [2.45, 2.75) is 39.5 Å². The molecule has 1 N–H and O–H groups in total. The van der Waals surface area contributed by atoms with Crippen molar-refractivity contribution < 1.29 is 14.4 Å². The van der Waals surface area contributed by atoms with Crippen LogP contribution in [0.15, 0.2) is 12.1 Å². The monoisotopic (exact) mass is 435 g/mol. The zero-order valence-electron chi connectivity index (χ0n) is 16.8. The lowest BCUT2D eigenvalue weighted by Crippen LogP contribution is -2.27. The van der Waals surface area contributed by atoms with Crippen molar-refractivity contribution in [3.63, 3.8) is 0 Å². The molecule has 2 aromatic rings. The molecule has 0 saturated heterocycles. The number of hydrogen-bond acceptors (Lipinski definition) is 4. The third kappa shape index (κ3) is 4.09. The summed E-state index contributed by atoms with van der Waals surface area (Å²) in [6, 6.07) is 4.00. The molecule has 0 aliphatic heterocycles. The normalized spacial score (nSPS) is 19.1. The van der Waals surface area contributed by atoms with Crippen LogP contribution < -0.4 is 5.32 Å². The predicted octanol–water partition coefficient (Wildman–Crippen LogP) is 3.71. The number of rotatable bonds is 5. The Balaban J connectivity index is 1.67. The van der Waals surface area contributed by atoms with Crippen molar-refractivity contribution >= 4 is 40.7 Å². The van der Waals surface area contributed by atoms with E-state index in [-0.39, 0.29) is 40.4 Å². The Morgan fingerprint density at radius 2 is 1.83 bits per heavy atom. The molecule has 1 aliphatic carbocycles. The molecule has 6 nitrogen and oxygen atoms in total. The van der Waals surface area contributed by atoms with Crippen LogP contribution in [0.5, 0.6) is 0 Å². The maximum atomic E-state index is 13.0. The maximum absolute atomic E-state index is 13.0. The van der Waals surface area contributed by atoms with Crippen molar-refractivity contribution in [1.82, 2.24) is 15.1 Å². The molecule has 2 unspecified atom stereocenters. The van der Waals surface area contributed by atoms with E-state index in [1.165, 1.54) is 4.68 Å². The fraction of sp³-hybridized carbons (Fsp3) is 0.429. The number of Topliss-reactive ketones (excluding diaryl/α,β-unsaturated/α-hetero) is 2. The molecule has 1 aliphatic rings. The molecular weight excluding hydrogens is 413 g/mol. The second kappa shape index (κ2) is 8.28. The maximum Gasteiger partial charge on any atom is 0.257 e. The number of carbonyl (C=O) groups is 3. The summed E-state index contributed by atoms with van der Waals surface area (Å²) in [5.74, 6) is -1.70. The van der Waals surface area contributed by atoms with Gasteiger partial charge >= 0.3 is 0 Å². The minimum absolute atomic E-state index is 0.0208. The van der Waals surface area contributed by atoms with Crippen molar-refractivity contribution in [1.29, 1.82) is 0 Å². The van der Waals surface area contributed by atoms with Crippen LogP contribution in [0.1, 0.15) is 51.4 Å². The Labute approximate surface area is 179 Å². The zero-order chi connectivity index (χ0) is 21.5. The van der Waals surface area contributed by atoms with Gasteiger partial charge < -0.3 is 5.32 Å². The second-order valence-electron chi connectivity index (χ2n) is 7.64. The number of aryl methyl sites for hydroxylation is 4. The quantitative estimate of drug-likeness (QED) is 0.725. The molecule has 1 fully saturated rings. The van der Waals surface area contributed by atoms with Crippen molar-refractivity contribution in [2.75, 3.05) is 6.54 Å². The average molecular weight is 436 g/mol. The van der Waals surface area contributed by atoms with E-state index in [2.05, 4.69) is 10.4 Å². The molecule has 1 aromatic heterocycles. The van der Waals surface area contributed by atoms with Crippen LogP contribution in [0.2, 0.25) is 10.3 Å². The largest absolute Gasteiger partial charge is 0.352 e. The smallest absolute Gasteiger partial charge is 0.257 e. The van der Waals surface area contributed by atoms with Gasteiger partial charge in [-0.15, -0.1) is 0 Å². The number of carbonyl (C=O) groups excluding carboxylic acids is 3. The number of hydrogen-bond donors (Lipinski definition) is 1. The first kappa shape index (κ1) is 21.5. The SMILES string of the molecule is Cc1cc(C)c(C2C(=O)CC(CCNC(=O)c3c(Cl)nn(C)c3Cl)C2=O)c(C)c1. The standard InChI is InChI=1S/C21H23Cl2N3O3/c1-10-7-11(2)15(12(3)8-10)16-14(27)9-13(18(16)28)5-6-24-21(29)17-19(22)25-26(4)20(17)23/h7-8,13,16H,5-6,9H2,1-4H3,(H,24,29). The molecule has 1 heterocycles. The Kier molecular flexibility index (Phi) is 6.15. The number of nitrogens with one attached hydrogen (secondary N) is 1. The Morgan fingerprint density at radius 1 is 1.21 bits per heavy atom. The zero-order valence-corrected chi connectivity index (χ0v) is 18.3. The number of amides is 1. The molecular formula is C21H23Cl2N3O3. The van der Waals surface area contributed by atoms with Crippen LogP contribution >= 0.6 is 23.2 Å². The summed E-state index contributed by atoms with van der Waals surface area (Å²) in [5.41, 5.74) is 3.96. The van der Waals surface area contributed by atoms with Gasteiger partial charge in [0, 0.05) is 25.9 Å². The topological polar surface area (TPSA) is 81.1 Å². The van der Waals surface area contributed by atoms with Gasteiger partial charge in [-0.25, -0.2) is 0 Å². The Hall–Kier alpha value is -2.18. The number of halogens is 2. The van der Waals surface area contributed by atoms with E-state index in [0.717, 1.165) is 22.3 Å². The minimum Gasteiger partial charge on any atom is -0.352 e. The first-order valence-electron chi connectivity index (χ1n) is 9.42. The number of aromatic nitrogens is 2. The molecule has 2 atom stereocenters. The van der Waals surface area contributed by atoms with Crippen LogP contribution in [0.25, 0.3) is 0 Å². The van der Waals surface area contributed by atoms with E-state index in [9.17, 15) is 14.4 Å². The summed E-state index contributed by atoms with van der Waals surface area (Å²) in [7, 11) is 1.59. The van der Waals surface area contributed by atoms with Gasteiger partial charge in [0.2, 0.25) is 0 Å². The van der Waals surface area contributed by atoms with E-state index >= 15 is 0 Å². The van der Waals surface area contributed by atoms with Gasteiger partial charge in [0.05, 0.1) is 0 Å². The molecule has 3 rings (SSSR count). The first-order chi connectivity index (χ1) is 13.6. The van der Waals surface area contributed by atoms with E-state index < -0.39 is 17.7 Å². The van der Waals surface area contributed by atoms with Crippen LogP contribution in [0, 0.1) is 26.7 Å².